The number of methoxy groups -OCH3 is 1. The number of hydrogen-bond donors (Lipinski definition) is 0. The quantitative estimate of drug-likeness (QED) is 0.675. The van der Waals surface area contributed by atoms with Gasteiger partial charge in [0, 0.05) is 6.42 Å². The van der Waals surface area contributed by atoms with E-state index in [9.17, 15) is 9.59 Å². The van der Waals surface area contributed by atoms with E-state index in [4.69, 9.17) is 4.74 Å². The van der Waals surface area contributed by atoms with Crippen molar-refractivity contribution in [2.24, 2.45) is 0 Å². The zero-order chi connectivity index (χ0) is 12.3. The fourth-order valence-electron chi connectivity index (χ4n) is 1.93. The Bertz CT molecular complexity index is 288. The van der Waals surface area contributed by atoms with Crippen molar-refractivity contribution in [1.29, 1.82) is 0 Å². The fourth-order valence-corrected chi connectivity index (χ4v) is 1.93. The van der Waals surface area contributed by atoms with Crippen LogP contribution in [-0.4, -0.2) is 42.3 Å². The Morgan fingerprint density at radius 2 is 2.06 bits per heavy atom. The molecule has 0 N–H and O–H groups in total. The minimum absolute atomic E-state index is 0.0691. The Morgan fingerprint density at radius 1 is 1.44 bits per heavy atom. The third-order valence-corrected chi connectivity index (χ3v) is 2.73. The third kappa shape index (κ3) is 2.72. The van der Waals surface area contributed by atoms with Crippen LogP contribution >= 0.6 is 0 Å². The molecule has 0 aliphatic carbocycles. The average Bonchev–Trinajstić information content (AvgIpc) is 2.49. The molecule has 1 rings (SSSR count). The van der Waals surface area contributed by atoms with Gasteiger partial charge in [0.05, 0.1) is 25.7 Å². The smallest absolute Gasteiger partial charge is 0.306 e. The number of carbonyl (C=O) groups excluding carboxylic acids is 2. The Balaban J connectivity index is 2.56. The first kappa shape index (κ1) is 13.0. The molecule has 0 spiro atoms. The van der Waals surface area contributed by atoms with Crippen LogP contribution < -0.4 is 0 Å². The Labute approximate surface area is 95.7 Å². The monoisotopic (exact) mass is 229 g/mol. The van der Waals surface area contributed by atoms with Crippen LogP contribution in [0.2, 0.25) is 0 Å². The molecule has 0 bridgehead atoms. The van der Waals surface area contributed by atoms with Gasteiger partial charge in [-0.15, -0.1) is 0 Å². The number of ether oxygens (including phenoxy) is 2. The Kier molecular flexibility index (Phi) is 3.91. The SMILES string of the molecule is COC(=O)CCC(=O)N1C(C)OCC1(C)C. The van der Waals surface area contributed by atoms with Gasteiger partial charge in [-0.1, -0.05) is 0 Å². The zero-order valence-corrected chi connectivity index (χ0v) is 10.3. The summed E-state index contributed by atoms with van der Waals surface area (Å²) < 4.78 is 9.93. The molecule has 1 heterocycles. The maximum Gasteiger partial charge on any atom is 0.306 e. The van der Waals surface area contributed by atoms with Gasteiger partial charge < -0.3 is 14.4 Å². The van der Waals surface area contributed by atoms with Gasteiger partial charge in [0.2, 0.25) is 5.91 Å². The molecule has 0 radical (unpaired) electrons. The van der Waals surface area contributed by atoms with Crippen LogP contribution in [0.5, 0.6) is 0 Å². The highest BCUT2D eigenvalue weighted by Gasteiger charge is 2.41. The maximum absolute atomic E-state index is 11.9. The van der Waals surface area contributed by atoms with Crippen LogP contribution in [0.1, 0.15) is 33.6 Å². The average molecular weight is 229 g/mol. The molecule has 1 saturated heterocycles. The van der Waals surface area contributed by atoms with Crippen molar-refractivity contribution < 1.29 is 19.1 Å². The van der Waals surface area contributed by atoms with Crippen LogP contribution in [0, 0.1) is 0 Å². The van der Waals surface area contributed by atoms with E-state index in [-0.39, 0.29) is 36.5 Å². The Hall–Kier alpha value is -1.10. The minimum atomic E-state index is -0.362. The number of amides is 1. The fraction of sp³-hybridized carbons (Fsp3) is 0.818. The first-order valence-corrected chi connectivity index (χ1v) is 5.39. The maximum atomic E-state index is 11.9. The van der Waals surface area contributed by atoms with E-state index in [1.54, 1.807) is 4.90 Å². The predicted molar refractivity (Wildman–Crippen MR) is 57.6 cm³/mol. The molecule has 0 aromatic carbocycles. The molecule has 0 aromatic rings. The van der Waals surface area contributed by atoms with Gasteiger partial charge in [0.25, 0.3) is 0 Å². The van der Waals surface area contributed by atoms with Crippen LogP contribution in [0.4, 0.5) is 0 Å². The molecule has 5 heteroatoms. The van der Waals surface area contributed by atoms with E-state index in [0.29, 0.717) is 6.61 Å². The highest BCUT2D eigenvalue weighted by Crippen LogP contribution is 2.27. The van der Waals surface area contributed by atoms with E-state index in [1.807, 2.05) is 20.8 Å². The molecular weight excluding hydrogens is 210 g/mol. The first-order valence-electron chi connectivity index (χ1n) is 5.39. The number of carbonyl (C=O) groups is 2. The van der Waals surface area contributed by atoms with Crippen molar-refractivity contribution in [2.45, 2.75) is 45.4 Å². The summed E-state index contributed by atoms with van der Waals surface area (Å²) >= 11 is 0. The molecule has 5 nitrogen and oxygen atoms in total. The van der Waals surface area contributed by atoms with Crippen molar-refractivity contribution in [2.75, 3.05) is 13.7 Å². The van der Waals surface area contributed by atoms with E-state index >= 15 is 0 Å². The molecule has 1 aliphatic rings. The van der Waals surface area contributed by atoms with Gasteiger partial charge >= 0.3 is 5.97 Å². The summed E-state index contributed by atoms with van der Waals surface area (Å²) in [4.78, 5) is 24.6. The van der Waals surface area contributed by atoms with Crippen LogP contribution in [0.25, 0.3) is 0 Å². The van der Waals surface area contributed by atoms with Gasteiger partial charge in [0.1, 0.15) is 6.23 Å². The third-order valence-electron chi connectivity index (χ3n) is 2.73. The molecule has 0 saturated carbocycles. The van der Waals surface area contributed by atoms with Crippen molar-refractivity contribution in [3.8, 4) is 0 Å². The minimum Gasteiger partial charge on any atom is -0.469 e. The molecular formula is C11H19NO4. The molecule has 16 heavy (non-hydrogen) atoms. The highest BCUT2D eigenvalue weighted by molar-refractivity contribution is 5.82. The predicted octanol–water partition coefficient (Wildman–Crippen LogP) is 0.923. The van der Waals surface area contributed by atoms with Crippen LogP contribution in [-0.2, 0) is 19.1 Å². The van der Waals surface area contributed by atoms with Crippen LogP contribution in [0.15, 0.2) is 0 Å². The van der Waals surface area contributed by atoms with Crippen molar-refractivity contribution >= 4 is 11.9 Å². The number of rotatable bonds is 3. The Morgan fingerprint density at radius 3 is 2.50 bits per heavy atom. The van der Waals surface area contributed by atoms with Crippen molar-refractivity contribution in [1.82, 2.24) is 4.90 Å². The van der Waals surface area contributed by atoms with E-state index in [1.165, 1.54) is 7.11 Å². The van der Waals surface area contributed by atoms with Gasteiger partial charge in [-0.05, 0) is 20.8 Å². The van der Waals surface area contributed by atoms with Crippen molar-refractivity contribution in [3.63, 3.8) is 0 Å². The molecule has 1 atom stereocenters. The topological polar surface area (TPSA) is 55.8 Å². The van der Waals surface area contributed by atoms with Gasteiger partial charge in [-0.25, -0.2) is 0 Å². The first-order chi connectivity index (χ1) is 7.38. The summed E-state index contributed by atoms with van der Waals surface area (Å²) in [6.45, 7) is 6.27. The molecule has 1 amide bonds. The second kappa shape index (κ2) is 4.82. The molecule has 1 aliphatic heterocycles. The largest absolute Gasteiger partial charge is 0.469 e. The normalized spacial score (nSPS) is 23.2. The standard InChI is InChI=1S/C11H19NO4/c1-8-12(11(2,3)7-16-8)9(13)5-6-10(14)15-4/h8H,5-7H2,1-4H3. The summed E-state index contributed by atoms with van der Waals surface area (Å²) in [7, 11) is 1.32. The van der Waals surface area contributed by atoms with Gasteiger partial charge in [-0.2, -0.15) is 0 Å². The lowest BCUT2D eigenvalue weighted by atomic mass is 10.0. The lowest BCUT2D eigenvalue weighted by Gasteiger charge is -2.32. The number of nitrogens with zero attached hydrogens (tertiary/aromatic N) is 1. The molecule has 92 valence electrons. The number of hydrogen-bond acceptors (Lipinski definition) is 4. The van der Waals surface area contributed by atoms with Crippen LogP contribution in [0.3, 0.4) is 0 Å². The molecule has 0 aromatic heterocycles. The number of esters is 1. The summed E-state index contributed by atoms with van der Waals surface area (Å²) in [5, 5.41) is 0. The summed E-state index contributed by atoms with van der Waals surface area (Å²) in [5.41, 5.74) is -0.299. The highest BCUT2D eigenvalue weighted by atomic mass is 16.5. The van der Waals surface area contributed by atoms with Gasteiger partial charge in [-0.3, -0.25) is 9.59 Å². The van der Waals surface area contributed by atoms with Crippen molar-refractivity contribution in [3.05, 3.63) is 0 Å². The molecule has 1 unspecified atom stereocenters. The summed E-state index contributed by atoms with van der Waals surface area (Å²) in [6, 6.07) is 0. The van der Waals surface area contributed by atoms with E-state index in [0.717, 1.165) is 0 Å². The second-order valence-corrected chi connectivity index (χ2v) is 4.56. The lowest BCUT2D eigenvalue weighted by molar-refractivity contribution is -0.146. The van der Waals surface area contributed by atoms with Gasteiger partial charge in [0.15, 0.2) is 0 Å². The summed E-state index contributed by atoms with van der Waals surface area (Å²) in [6.07, 6.45) is 0.0680. The zero-order valence-electron chi connectivity index (χ0n) is 10.3. The van der Waals surface area contributed by atoms with E-state index in [2.05, 4.69) is 4.74 Å². The van der Waals surface area contributed by atoms with E-state index < -0.39 is 0 Å². The lowest BCUT2D eigenvalue weighted by Crippen LogP contribution is -2.47. The summed E-state index contributed by atoms with van der Waals surface area (Å²) in [5.74, 6) is -0.431. The second-order valence-electron chi connectivity index (χ2n) is 4.56. The molecule has 1 fully saturated rings.